The van der Waals surface area contributed by atoms with Gasteiger partial charge in [-0.15, -0.1) is 0 Å². The van der Waals surface area contributed by atoms with Gasteiger partial charge in [-0.25, -0.2) is 9.50 Å². The van der Waals surface area contributed by atoms with Gasteiger partial charge in [-0.2, -0.15) is 4.98 Å². The second-order valence-electron chi connectivity index (χ2n) is 5.90. The van der Waals surface area contributed by atoms with Gasteiger partial charge in [-0.1, -0.05) is 0 Å². The summed E-state index contributed by atoms with van der Waals surface area (Å²) in [5.74, 6) is 2.37. The summed E-state index contributed by atoms with van der Waals surface area (Å²) in [6.07, 6.45) is 0. The molecule has 0 aliphatic carbocycles. The summed E-state index contributed by atoms with van der Waals surface area (Å²) < 4.78 is 12.6. The second-order valence-corrected chi connectivity index (χ2v) is 5.90. The number of fused-ring (bicyclic) bond motifs is 4. The number of rotatable bonds is 3. The predicted molar refractivity (Wildman–Crippen MR) is 95.0 cm³/mol. The van der Waals surface area contributed by atoms with E-state index in [1.165, 1.54) is 6.92 Å². The average Bonchev–Trinajstić information content (AvgIpc) is 3.28. The van der Waals surface area contributed by atoms with E-state index < -0.39 is 0 Å². The molecule has 2 aromatic heterocycles. The van der Waals surface area contributed by atoms with Crippen molar-refractivity contribution in [3.05, 3.63) is 36.4 Å². The number of carbonyl (C=O) groups excluding carboxylic acids is 1. The fourth-order valence-electron chi connectivity index (χ4n) is 2.90. The van der Waals surface area contributed by atoms with E-state index in [4.69, 9.17) is 9.47 Å². The lowest BCUT2D eigenvalue weighted by atomic mass is 10.3. The number of nitrogens with one attached hydrogen (secondary N) is 3. The fourth-order valence-corrected chi connectivity index (χ4v) is 2.90. The molecule has 1 aliphatic rings. The molecule has 9 heteroatoms. The molecule has 5 rings (SSSR count). The summed E-state index contributed by atoms with van der Waals surface area (Å²) in [6, 6.07) is 11.1. The summed E-state index contributed by atoms with van der Waals surface area (Å²) in [6.45, 7) is 1.70. The van der Waals surface area contributed by atoms with Crippen LogP contribution in [0.4, 0.5) is 17.3 Å². The summed E-state index contributed by atoms with van der Waals surface area (Å²) in [4.78, 5) is 20.0. The minimum atomic E-state index is -0.106. The number of hydrogen-bond acceptors (Lipinski definition) is 6. The number of hydrogen-bond donors (Lipinski definition) is 3. The van der Waals surface area contributed by atoms with Gasteiger partial charge in [-0.3, -0.25) is 9.89 Å². The maximum atomic E-state index is 11.1. The Kier molecular flexibility index (Phi) is 3.02. The van der Waals surface area contributed by atoms with Crippen LogP contribution in [0, 0.1) is 0 Å². The quantitative estimate of drug-likeness (QED) is 0.524. The van der Waals surface area contributed by atoms with E-state index in [1.807, 2.05) is 36.4 Å². The molecule has 0 spiro atoms. The zero-order valence-electron chi connectivity index (χ0n) is 13.7. The first kappa shape index (κ1) is 14.6. The molecule has 1 amide bonds. The first-order valence-corrected chi connectivity index (χ1v) is 7.98. The number of nitrogens with zero attached hydrogens (tertiary/aromatic N) is 3. The fraction of sp³-hybridized carbons (Fsp3) is 0.118. The molecule has 4 aromatic rings. The number of carbonyl (C=O) groups is 1. The van der Waals surface area contributed by atoms with Crippen LogP contribution in [0.15, 0.2) is 36.4 Å². The smallest absolute Gasteiger partial charge is 0.253 e. The monoisotopic (exact) mass is 350 g/mol. The lowest BCUT2D eigenvalue weighted by molar-refractivity contribution is -0.114. The normalized spacial score (nSPS) is 12.7. The van der Waals surface area contributed by atoms with Crippen LogP contribution in [-0.2, 0) is 4.79 Å². The van der Waals surface area contributed by atoms with Crippen LogP contribution in [-0.4, -0.2) is 32.3 Å². The molecule has 2 aromatic carbocycles. The Morgan fingerprint density at radius 2 is 1.85 bits per heavy atom. The van der Waals surface area contributed by atoms with Crippen molar-refractivity contribution in [2.24, 2.45) is 0 Å². The van der Waals surface area contributed by atoms with E-state index in [1.54, 1.807) is 4.52 Å². The molecule has 0 bridgehead atoms. The molecule has 26 heavy (non-hydrogen) atoms. The standard InChI is InChI=1S/C17H14N6O3/c1-9(24)18-10-2-4-11(5-3-10)19-16-21-17-20-12-6-14-15(26-8-25-14)7-13(12)23(17)22-16/h2-7H,8H2,1H3,(H,18,24)(H2,19,20,21,22). The number of anilines is 3. The van der Waals surface area contributed by atoms with Crippen molar-refractivity contribution >= 4 is 40.0 Å². The Hall–Kier alpha value is -3.75. The molecule has 3 heterocycles. The molecule has 0 radical (unpaired) electrons. The van der Waals surface area contributed by atoms with Gasteiger partial charge in [-0.05, 0) is 24.3 Å². The number of amides is 1. The highest BCUT2D eigenvalue weighted by atomic mass is 16.7. The van der Waals surface area contributed by atoms with Crippen molar-refractivity contribution in [3.8, 4) is 11.5 Å². The third-order valence-corrected chi connectivity index (χ3v) is 4.03. The maximum absolute atomic E-state index is 11.1. The van der Waals surface area contributed by atoms with Crippen LogP contribution < -0.4 is 20.1 Å². The highest BCUT2D eigenvalue weighted by Crippen LogP contribution is 2.36. The zero-order chi connectivity index (χ0) is 17.7. The number of benzene rings is 2. The van der Waals surface area contributed by atoms with Crippen molar-refractivity contribution in [2.75, 3.05) is 17.4 Å². The number of aromatic nitrogens is 4. The molecule has 0 saturated carbocycles. The van der Waals surface area contributed by atoms with Crippen LogP contribution in [0.1, 0.15) is 6.92 Å². The molecule has 9 nitrogen and oxygen atoms in total. The van der Waals surface area contributed by atoms with Crippen LogP contribution in [0.3, 0.4) is 0 Å². The average molecular weight is 350 g/mol. The van der Waals surface area contributed by atoms with Gasteiger partial charge < -0.3 is 20.1 Å². The first-order valence-electron chi connectivity index (χ1n) is 7.98. The van der Waals surface area contributed by atoms with Crippen LogP contribution in [0.25, 0.3) is 16.8 Å². The Morgan fingerprint density at radius 3 is 2.62 bits per heavy atom. The van der Waals surface area contributed by atoms with Gasteiger partial charge in [0, 0.05) is 30.4 Å². The van der Waals surface area contributed by atoms with Crippen LogP contribution in [0.5, 0.6) is 11.5 Å². The summed E-state index contributed by atoms with van der Waals surface area (Å²) in [7, 11) is 0. The second kappa shape index (κ2) is 5.38. The lowest BCUT2D eigenvalue weighted by Gasteiger charge is -2.05. The number of aromatic amines is 1. The van der Waals surface area contributed by atoms with Crippen molar-refractivity contribution in [1.82, 2.24) is 19.6 Å². The van der Waals surface area contributed by atoms with Crippen molar-refractivity contribution in [2.45, 2.75) is 6.92 Å². The Bertz CT molecular complexity index is 1140. The molecule has 0 unspecified atom stereocenters. The van der Waals surface area contributed by atoms with Crippen LogP contribution >= 0.6 is 0 Å². The minimum Gasteiger partial charge on any atom is -0.454 e. The van der Waals surface area contributed by atoms with Gasteiger partial charge in [0.25, 0.3) is 5.78 Å². The topological polar surface area (TPSA) is 106 Å². The Balaban J connectivity index is 1.45. The van der Waals surface area contributed by atoms with Gasteiger partial charge in [0.1, 0.15) is 0 Å². The molecule has 130 valence electrons. The number of H-pyrrole nitrogens is 1. The van der Waals surface area contributed by atoms with E-state index in [2.05, 4.69) is 25.7 Å². The molecule has 1 aliphatic heterocycles. The van der Waals surface area contributed by atoms with E-state index in [9.17, 15) is 4.79 Å². The minimum absolute atomic E-state index is 0.106. The predicted octanol–water partition coefficient (Wildman–Crippen LogP) is 2.64. The van der Waals surface area contributed by atoms with E-state index in [-0.39, 0.29) is 12.7 Å². The molecule has 0 atom stereocenters. The van der Waals surface area contributed by atoms with Gasteiger partial charge >= 0.3 is 0 Å². The van der Waals surface area contributed by atoms with Gasteiger partial charge in [0.2, 0.25) is 18.6 Å². The number of imidazole rings is 1. The third kappa shape index (κ3) is 2.37. The SMILES string of the molecule is CC(=O)Nc1ccc(Nc2nc3nc4cc5c(cc4n3[nH]2)OCO5)cc1. The van der Waals surface area contributed by atoms with Crippen molar-refractivity contribution in [3.63, 3.8) is 0 Å². The lowest BCUT2D eigenvalue weighted by Crippen LogP contribution is -2.05. The largest absolute Gasteiger partial charge is 0.454 e. The molecular weight excluding hydrogens is 336 g/mol. The number of ether oxygens (including phenoxy) is 2. The van der Waals surface area contributed by atoms with Gasteiger partial charge in [0.05, 0.1) is 11.0 Å². The van der Waals surface area contributed by atoms with E-state index in [0.717, 1.165) is 22.4 Å². The highest BCUT2D eigenvalue weighted by molar-refractivity contribution is 5.89. The Morgan fingerprint density at radius 1 is 1.12 bits per heavy atom. The first-order chi connectivity index (χ1) is 12.7. The summed E-state index contributed by atoms with van der Waals surface area (Å²) in [5.41, 5.74) is 3.20. The Labute approximate surface area is 146 Å². The molecule has 0 saturated heterocycles. The van der Waals surface area contributed by atoms with E-state index in [0.29, 0.717) is 23.2 Å². The van der Waals surface area contributed by atoms with Crippen LogP contribution in [0.2, 0.25) is 0 Å². The third-order valence-electron chi connectivity index (χ3n) is 4.03. The molecule has 0 fully saturated rings. The molecule has 3 N–H and O–H groups in total. The van der Waals surface area contributed by atoms with Crippen molar-refractivity contribution in [1.29, 1.82) is 0 Å². The summed E-state index contributed by atoms with van der Waals surface area (Å²) >= 11 is 0. The van der Waals surface area contributed by atoms with Crippen molar-refractivity contribution < 1.29 is 14.3 Å². The molecular formula is C17H14N6O3. The zero-order valence-corrected chi connectivity index (χ0v) is 13.7. The summed E-state index contributed by atoms with van der Waals surface area (Å²) in [5, 5.41) is 9.08. The highest BCUT2D eigenvalue weighted by Gasteiger charge is 2.18. The van der Waals surface area contributed by atoms with Gasteiger partial charge in [0.15, 0.2) is 11.5 Å². The van der Waals surface area contributed by atoms with E-state index >= 15 is 0 Å². The maximum Gasteiger partial charge on any atom is 0.253 e.